The van der Waals surface area contributed by atoms with Crippen molar-refractivity contribution in [3.8, 4) is 5.75 Å². The van der Waals surface area contributed by atoms with E-state index in [1.807, 2.05) is 6.92 Å². The zero-order valence-corrected chi connectivity index (χ0v) is 15.3. The van der Waals surface area contributed by atoms with E-state index < -0.39 is 34.3 Å². The molecule has 1 amide bonds. The molecule has 0 heterocycles. The summed E-state index contributed by atoms with van der Waals surface area (Å²) in [4.78, 5) is 22.6. The largest absolute Gasteiger partial charge is 0.495 e. The molecular formula is C18H18F3N3O4. The summed E-state index contributed by atoms with van der Waals surface area (Å²) in [5.74, 6) is -0.121. The van der Waals surface area contributed by atoms with Gasteiger partial charge in [0, 0.05) is 6.07 Å². The summed E-state index contributed by atoms with van der Waals surface area (Å²) in [6, 6.07) is 6.24. The zero-order valence-electron chi connectivity index (χ0n) is 15.3. The van der Waals surface area contributed by atoms with E-state index in [1.165, 1.54) is 14.0 Å². The van der Waals surface area contributed by atoms with E-state index in [-0.39, 0.29) is 5.69 Å². The Kier molecular flexibility index (Phi) is 6.12. The van der Waals surface area contributed by atoms with Crippen LogP contribution in [0.25, 0.3) is 0 Å². The highest BCUT2D eigenvalue weighted by molar-refractivity contribution is 5.97. The number of carbonyl (C=O) groups excluding carboxylic acids is 1. The molecule has 2 rings (SSSR count). The van der Waals surface area contributed by atoms with Gasteiger partial charge in [0.15, 0.2) is 0 Å². The summed E-state index contributed by atoms with van der Waals surface area (Å²) in [6.07, 6.45) is -4.71. The molecule has 0 aliphatic rings. The quantitative estimate of drug-likeness (QED) is 0.558. The van der Waals surface area contributed by atoms with Crippen LogP contribution in [0.3, 0.4) is 0 Å². The Morgan fingerprint density at radius 1 is 1.18 bits per heavy atom. The molecule has 0 spiro atoms. The lowest BCUT2D eigenvalue weighted by Gasteiger charge is -2.17. The average Bonchev–Trinajstić information content (AvgIpc) is 2.61. The number of carbonyl (C=O) groups is 1. The predicted octanol–water partition coefficient (Wildman–Crippen LogP) is 4.37. The maximum Gasteiger partial charge on any atom is 0.416 e. The fraction of sp³-hybridized carbons (Fsp3) is 0.278. The molecule has 1 atom stereocenters. The Hall–Kier alpha value is -3.30. The van der Waals surface area contributed by atoms with Gasteiger partial charge in [-0.25, -0.2) is 0 Å². The van der Waals surface area contributed by atoms with E-state index in [0.717, 1.165) is 11.6 Å². The van der Waals surface area contributed by atoms with Crippen molar-refractivity contribution in [3.05, 3.63) is 57.6 Å². The highest BCUT2D eigenvalue weighted by Crippen LogP contribution is 2.35. The Morgan fingerprint density at radius 2 is 1.86 bits per heavy atom. The minimum Gasteiger partial charge on any atom is -0.495 e. The van der Waals surface area contributed by atoms with Crippen molar-refractivity contribution in [2.75, 3.05) is 17.7 Å². The van der Waals surface area contributed by atoms with Crippen molar-refractivity contribution >= 4 is 23.0 Å². The van der Waals surface area contributed by atoms with Crippen LogP contribution in [0.4, 0.5) is 30.2 Å². The van der Waals surface area contributed by atoms with Crippen molar-refractivity contribution in [2.45, 2.75) is 26.1 Å². The van der Waals surface area contributed by atoms with Crippen LogP contribution in [0.1, 0.15) is 18.1 Å². The third-order valence-electron chi connectivity index (χ3n) is 3.90. The van der Waals surface area contributed by atoms with Gasteiger partial charge in [0.2, 0.25) is 5.91 Å². The Bertz CT molecular complexity index is 900. The van der Waals surface area contributed by atoms with Crippen molar-refractivity contribution in [3.63, 3.8) is 0 Å². The number of ether oxygens (including phenoxy) is 1. The van der Waals surface area contributed by atoms with Crippen LogP contribution in [0.15, 0.2) is 36.4 Å². The van der Waals surface area contributed by atoms with Gasteiger partial charge >= 0.3 is 6.18 Å². The average molecular weight is 397 g/mol. The Labute approximate surface area is 158 Å². The molecule has 7 nitrogen and oxygen atoms in total. The molecule has 0 bridgehead atoms. The molecule has 10 heteroatoms. The van der Waals surface area contributed by atoms with Gasteiger partial charge < -0.3 is 15.4 Å². The highest BCUT2D eigenvalue weighted by atomic mass is 19.4. The molecule has 2 aromatic rings. The molecule has 0 aliphatic heterocycles. The maximum absolute atomic E-state index is 12.8. The minimum atomic E-state index is -4.71. The smallest absolute Gasteiger partial charge is 0.416 e. The molecule has 150 valence electrons. The maximum atomic E-state index is 12.8. The zero-order chi connectivity index (χ0) is 21.1. The number of nitro groups is 1. The number of rotatable bonds is 6. The van der Waals surface area contributed by atoms with Crippen molar-refractivity contribution < 1.29 is 27.6 Å². The number of nitrogens with one attached hydrogen (secondary N) is 2. The van der Waals surface area contributed by atoms with Gasteiger partial charge in [0.05, 0.1) is 23.3 Å². The second kappa shape index (κ2) is 8.15. The fourth-order valence-corrected chi connectivity index (χ4v) is 2.44. The standard InChI is InChI=1S/C18H18F3N3O4/c1-10-4-7-16(28-3)14(8-10)23-17(25)11(2)22-13-6-5-12(18(19,20)21)9-15(13)24(26)27/h4-9,11,22H,1-3H3,(H,23,25). The summed E-state index contributed by atoms with van der Waals surface area (Å²) in [5, 5.41) is 16.4. The van der Waals surface area contributed by atoms with E-state index in [2.05, 4.69) is 10.6 Å². The number of nitro benzene ring substituents is 1. The van der Waals surface area contributed by atoms with E-state index in [1.54, 1.807) is 18.2 Å². The molecule has 2 aromatic carbocycles. The van der Waals surface area contributed by atoms with Crippen LogP contribution in [0.2, 0.25) is 0 Å². The van der Waals surface area contributed by atoms with Crippen molar-refractivity contribution in [1.29, 1.82) is 0 Å². The van der Waals surface area contributed by atoms with Gasteiger partial charge in [-0.15, -0.1) is 0 Å². The summed E-state index contributed by atoms with van der Waals surface area (Å²) >= 11 is 0. The predicted molar refractivity (Wildman–Crippen MR) is 97.5 cm³/mol. The van der Waals surface area contributed by atoms with E-state index in [4.69, 9.17) is 4.74 Å². The molecule has 0 aromatic heterocycles. The molecule has 0 aliphatic carbocycles. The summed E-state index contributed by atoms with van der Waals surface area (Å²) in [7, 11) is 1.44. The topological polar surface area (TPSA) is 93.5 Å². The third kappa shape index (κ3) is 4.90. The first-order valence-electron chi connectivity index (χ1n) is 8.10. The minimum absolute atomic E-state index is 0.197. The number of hydrogen-bond acceptors (Lipinski definition) is 5. The third-order valence-corrected chi connectivity index (χ3v) is 3.90. The molecule has 0 radical (unpaired) electrons. The normalized spacial score (nSPS) is 12.2. The van der Waals surface area contributed by atoms with Crippen LogP contribution in [0, 0.1) is 17.0 Å². The van der Waals surface area contributed by atoms with E-state index in [9.17, 15) is 28.1 Å². The lowest BCUT2D eigenvalue weighted by atomic mass is 10.1. The first-order chi connectivity index (χ1) is 13.0. The van der Waals surface area contributed by atoms with Crippen LogP contribution in [-0.2, 0) is 11.0 Å². The van der Waals surface area contributed by atoms with Crippen LogP contribution in [0.5, 0.6) is 5.75 Å². The monoisotopic (exact) mass is 397 g/mol. The second-order valence-corrected chi connectivity index (χ2v) is 6.05. The summed E-state index contributed by atoms with van der Waals surface area (Å²) < 4.78 is 43.5. The van der Waals surface area contributed by atoms with Gasteiger partial charge in [0.25, 0.3) is 5.69 Å². The van der Waals surface area contributed by atoms with Gasteiger partial charge in [-0.1, -0.05) is 6.07 Å². The van der Waals surface area contributed by atoms with Crippen LogP contribution in [-0.4, -0.2) is 24.0 Å². The Balaban J connectivity index is 2.22. The molecule has 0 saturated carbocycles. The number of methoxy groups -OCH3 is 1. The number of nitrogens with zero attached hydrogens (tertiary/aromatic N) is 1. The van der Waals surface area contributed by atoms with Gasteiger partial charge in [-0.2, -0.15) is 13.2 Å². The molecule has 0 fully saturated rings. The Morgan fingerprint density at radius 3 is 2.43 bits per heavy atom. The summed E-state index contributed by atoms with van der Waals surface area (Å²) in [6.45, 7) is 3.25. The van der Waals surface area contributed by atoms with Crippen LogP contribution >= 0.6 is 0 Å². The van der Waals surface area contributed by atoms with Crippen molar-refractivity contribution in [1.82, 2.24) is 0 Å². The molecule has 0 saturated heterocycles. The molecular weight excluding hydrogens is 379 g/mol. The number of anilines is 2. The number of hydrogen-bond donors (Lipinski definition) is 2. The highest BCUT2D eigenvalue weighted by Gasteiger charge is 2.33. The van der Waals surface area contributed by atoms with E-state index in [0.29, 0.717) is 23.6 Å². The molecule has 28 heavy (non-hydrogen) atoms. The summed E-state index contributed by atoms with van der Waals surface area (Å²) in [5.41, 5.74) is -0.844. The van der Waals surface area contributed by atoms with Crippen molar-refractivity contribution in [2.24, 2.45) is 0 Å². The van der Waals surface area contributed by atoms with E-state index >= 15 is 0 Å². The number of alkyl halides is 3. The van der Waals surface area contributed by atoms with Gasteiger partial charge in [0.1, 0.15) is 17.5 Å². The van der Waals surface area contributed by atoms with Crippen LogP contribution < -0.4 is 15.4 Å². The SMILES string of the molecule is COc1ccc(C)cc1NC(=O)C(C)Nc1ccc(C(F)(F)F)cc1[N+](=O)[O-]. The molecule has 2 N–H and O–H groups in total. The second-order valence-electron chi connectivity index (χ2n) is 6.05. The lowest BCUT2D eigenvalue weighted by Crippen LogP contribution is -2.32. The van der Waals surface area contributed by atoms with Gasteiger partial charge in [-0.3, -0.25) is 14.9 Å². The number of amides is 1. The number of aryl methyl sites for hydroxylation is 1. The number of benzene rings is 2. The lowest BCUT2D eigenvalue weighted by molar-refractivity contribution is -0.384. The number of halogens is 3. The first kappa shape index (κ1) is 21.0. The molecule has 1 unspecified atom stereocenters. The van der Waals surface area contributed by atoms with Gasteiger partial charge in [-0.05, 0) is 43.7 Å². The first-order valence-corrected chi connectivity index (χ1v) is 8.10. The fourth-order valence-electron chi connectivity index (χ4n) is 2.44.